The number of aliphatic carboxylic acids is 1. The predicted octanol–water partition coefficient (Wildman–Crippen LogP) is 0.470. The van der Waals surface area contributed by atoms with Crippen molar-refractivity contribution < 1.29 is 19.4 Å². The van der Waals surface area contributed by atoms with Gasteiger partial charge in [-0.1, -0.05) is 0 Å². The number of carboxylic acids is 1. The monoisotopic (exact) mass is 172 g/mol. The highest BCUT2D eigenvalue weighted by Crippen LogP contribution is 2.36. The van der Waals surface area contributed by atoms with Crippen molar-refractivity contribution in [1.29, 1.82) is 0 Å². The molecule has 2 heterocycles. The van der Waals surface area contributed by atoms with Gasteiger partial charge in [-0.05, 0) is 6.42 Å². The number of fused-ring (bicyclic) bond motifs is 1. The van der Waals surface area contributed by atoms with Crippen LogP contribution in [-0.2, 0) is 14.3 Å². The summed E-state index contributed by atoms with van der Waals surface area (Å²) in [6, 6.07) is 0. The van der Waals surface area contributed by atoms with E-state index < -0.39 is 5.97 Å². The van der Waals surface area contributed by atoms with Crippen LogP contribution in [0.15, 0.2) is 0 Å². The quantitative estimate of drug-likeness (QED) is 0.657. The molecule has 0 aliphatic carbocycles. The maximum Gasteiger partial charge on any atom is 0.303 e. The minimum Gasteiger partial charge on any atom is -0.481 e. The third-order valence-corrected chi connectivity index (χ3v) is 2.60. The summed E-state index contributed by atoms with van der Waals surface area (Å²) in [5.41, 5.74) is 0. The van der Waals surface area contributed by atoms with Crippen molar-refractivity contribution in [2.24, 2.45) is 11.8 Å². The van der Waals surface area contributed by atoms with Crippen LogP contribution in [0.4, 0.5) is 0 Å². The first-order valence-electron chi connectivity index (χ1n) is 4.22. The normalized spacial score (nSPS) is 39.8. The van der Waals surface area contributed by atoms with Gasteiger partial charge in [0.1, 0.15) is 0 Å². The second-order valence-electron chi connectivity index (χ2n) is 3.38. The highest BCUT2D eigenvalue weighted by molar-refractivity contribution is 5.67. The fourth-order valence-corrected chi connectivity index (χ4v) is 1.99. The van der Waals surface area contributed by atoms with E-state index >= 15 is 0 Å². The van der Waals surface area contributed by atoms with Crippen LogP contribution in [-0.4, -0.2) is 30.6 Å². The zero-order valence-electron chi connectivity index (χ0n) is 6.73. The third-order valence-electron chi connectivity index (χ3n) is 2.60. The lowest BCUT2D eigenvalue weighted by atomic mass is 9.91. The minimum atomic E-state index is -0.740. The van der Waals surface area contributed by atoms with Crippen LogP contribution >= 0.6 is 0 Å². The lowest BCUT2D eigenvalue weighted by Gasteiger charge is -2.11. The first kappa shape index (κ1) is 8.01. The molecule has 2 aliphatic heterocycles. The van der Waals surface area contributed by atoms with Crippen molar-refractivity contribution in [3.8, 4) is 0 Å². The summed E-state index contributed by atoms with van der Waals surface area (Å²) in [6.07, 6.45) is 1.04. The van der Waals surface area contributed by atoms with Gasteiger partial charge in [0.25, 0.3) is 0 Å². The van der Waals surface area contributed by atoms with Crippen LogP contribution in [0, 0.1) is 11.8 Å². The molecule has 68 valence electrons. The molecule has 1 N–H and O–H groups in total. The van der Waals surface area contributed by atoms with Gasteiger partial charge < -0.3 is 14.6 Å². The Bertz CT molecular complexity index is 191. The molecule has 0 aromatic carbocycles. The number of carbonyl (C=O) groups is 1. The molecule has 2 aliphatic rings. The van der Waals surface area contributed by atoms with Crippen LogP contribution in [0.2, 0.25) is 0 Å². The zero-order chi connectivity index (χ0) is 8.55. The van der Waals surface area contributed by atoms with Gasteiger partial charge in [-0.15, -0.1) is 0 Å². The molecular weight excluding hydrogens is 160 g/mol. The summed E-state index contributed by atoms with van der Waals surface area (Å²) in [6.45, 7) is 1.26. The van der Waals surface area contributed by atoms with Crippen LogP contribution in [0.25, 0.3) is 0 Å². The number of hydrogen-bond acceptors (Lipinski definition) is 3. The van der Waals surface area contributed by atoms with E-state index in [1.165, 1.54) is 0 Å². The van der Waals surface area contributed by atoms with E-state index in [2.05, 4.69) is 0 Å². The Morgan fingerprint density at radius 1 is 1.50 bits per heavy atom. The van der Waals surface area contributed by atoms with Gasteiger partial charge in [-0.2, -0.15) is 0 Å². The molecule has 12 heavy (non-hydrogen) atoms. The van der Waals surface area contributed by atoms with Gasteiger partial charge >= 0.3 is 5.97 Å². The molecule has 3 unspecified atom stereocenters. The number of carboxylic acid groups (broad SMARTS) is 1. The molecule has 0 aromatic heterocycles. The summed E-state index contributed by atoms with van der Waals surface area (Å²) >= 11 is 0. The fraction of sp³-hybridized carbons (Fsp3) is 0.875. The average molecular weight is 172 g/mol. The van der Waals surface area contributed by atoms with Gasteiger partial charge in [0.05, 0.1) is 19.6 Å². The Hall–Kier alpha value is -0.610. The van der Waals surface area contributed by atoms with Crippen molar-refractivity contribution in [3.05, 3.63) is 0 Å². The third kappa shape index (κ3) is 1.32. The number of rotatable bonds is 2. The Kier molecular flexibility index (Phi) is 2.02. The van der Waals surface area contributed by atoms with Crippen LogP contribution < -0.4 is 0 Å². The van der Waals surface area contributed by atoms with Crippen molar-refractivity contribution in [1.82, 2.24) is 0 Å². The van der Waals surface area contributed by atoms with Gasteiger partial charge in [0.15, 0.2) is 6.29 Å². The topological polar surface area (TPSA) is 55.8 Å². The molecule has 4 heteroatoms. The molecular formula is C8H12O4. The maximum absolute atomic E-state index is 10.4. The van der Waals surface area contributed by atoms with Crippen LogP contribution in [0.1, 0.15) is 12.8 Å². The van der Waals surface area contributed by atoms with E-state index in [9.17, 15) is 4.79 Å². The summed E-state index contributed by atoms with van der Waals surface area (Å²) < 4.78 is 10.6. The Morgan fingerprint density at radius 3 is 3.08 bits per heavy atom. The summed E-state index contributed by atoms with van der Waals surface area (Å²) in [5.74, 6) is -0.257. The molecule has 2 fully saturated rings. The van der Waals surface area contributed by atoms with Gasteiger partial charge in [0.2, 0.25) is 0 Å². The van der Waals surface area contributed by atoms with Gasteiger partial charge in [0, 0.05) is 11.8 Å². The summed E-state index contributed by atoms with van der Waals surface area (Å²) in [5, 5.41) is 8.60. The minimum absolute atomic E-state index is 0.116. The van der Waals surface area contributed by atoms with E-state index in [-0.39, 0.29) is 18.6 Å². The molecule has 2 rings (SSSR count). The van der Waals surface area contributed by atoms with Crippen LogP contribution in [0.5, 0.6) is 0 Å². The zero-order valence-corrected chi connectivity index (χ0v) is 6.73. The van der Waals surface area contributed by atoms with E-state index in [0.29, 0.717) is 19.1 Å². The van der Waals surface area contributed by atoms with E-state index in [0.717, 1.165) is 6.42 Å². The molecule has 0 spiro atoms. The van der Waals surface area contributed by atoms with E-state index in [1.54, 1.807) is 0 Å². The summed E-state index contributed by atoms with van der Waals surface area (Å²) in [7, 11) is 0. The second-order valence-corrected chi connectivity index (χ2v) is 3.38. The Balaban J connectivity index is 1.95. The number of hydrogen-bond donors (Lipinski definition) is 1. The van der Waals surface area contributed by atoms with Crippen molar-refractivity contribution in [2.45, 2.75) is 19.1 Å². The maximum atomic E-state index is 10.4. The molecule has 0 saturated carbocycles. The van der Waals surface area contributed by atoms with Gasteiger partial charge in [-0.25, -0.2) is 0 Å². The number of ether oxygens (including phenoxy) is 2. The lowest BCUT2D eigenvalue weighted by Crippen LogP contribution is -2.17. The molecule has 0 radical (unpaired) electrons. The highest BCUT2D eigenvalue weighted by Gasteiger charge is 2.42. The molecule has 0 bridgehead atoms. The molecule has 3 atom stereocenters. The first-order valence-corrected chi connectivity index (χ1v) is 4.22. The lowest BCUT2D eigenvalue weighted by molar-refractivity contribution is -0.138. The van der Waals surface area contributed by atoms with Crippen molar-refractivity contribution in [3.63, 3.8) is 0 Å². The average Bonchev–Trinajstić information content (AvgIpc) is 2.52. The van der Waals surface area contributed by atoms with Gasteiger partial charge in [-0.3, -0.25) is 4.79 Å². The Morgan fingerprint density at radius 2 is 2.33 bits per heavy atom. The molecule has 2 saturated heterocycles. The molecule has 4 nitrogen and oxygen atoms in total. The highest BCUT2D eigenvalue weighted by atomic mass is 16.7. The fourth-order valence-electron chi connectivity index (χ4n) is 1.99. The van der Waals surface area contributed by atoms with E-state index in [1.807, 2.05) is 0 Å². The predicted molar refractivity (Wildman–Crippen MR) is 39.5 cm³/mol. The SMILES string of the molecule is O=C(O)CC1COC2OCCC12. The standard InChI is InChI=1S/C8H12O4/c9-7(10)3-5-4-12-8-6(5)1-2-11-8/h5-6,8H,1-4H2,(H,9,10). The smallest absolute Gasteiger partial charge is 0.303 e. The molecule has 0 aromatic rings. The molecule has 0 amide bonds. The van der Waals surface area contributed by atoms with Crippen molar-refractivity contribution in [2.75, 3.05) is 13.2 Å². The largest absolute Gasteiger partial charge is 0.481 e. The Labute approximate surface area is 70.5 Å². The second kappa shape index (κ2) is 3.03. The first-order chi connectivity index (χ1) is 5.77. The van der Waals surface area contributed by atoms with Crippen molar-refractivity contribution >= 4 is 5.97 Å². The van der Waals surface area contributed by atoms with Crippen LogP contribution in [0.3, 0.4) is 0 Å². The summed E-state index contributed by atoms with van der Waals surface area (Å²) in [4.78, 5) is 10.4. The van der Waals surface area contributed by atoms with E-state index in [4.69, 9.17) is 14.6 Å².